The van der Waals surface area contributed by atoms with Gasteiger partial charge in [-0.15, -0.1) is 0 Å². The SMILES string of the molecule is Brc1cnc(Br)cn1.Cc1ccc(N(c2ccc(C)cc2)c2ccc(-c3cnc(Br)cn3)cc2)cc1.Cc1ccc(N(c2ccc(C)cc2)c2ccc(B(O)O)cc2)cc1. The molecule has 0 radical (unpaired) electrons. The molecule has 6 aromatic carbocycles. The molecule has 2 N–H and O–H groups in total. The lowest BCUT2D eigenvalue weighted by molar-refractivity contribution is 0.426. The zero-order valence-corrected chi connectivity index (χ0v) is 38.2. The van der Waals surface area contributed by atoms with Crippen molar-refractivity contribution in [1.82, 2.24) is 19.9 Å². The third-order valence-electron chi connectivity index (χ3n) is 9.25. The average molecular weight is 985 g/mol. The lowest BCUT2D eigenvalue weighted by Crippen LogP contribution is -2.29. The fraction of sp³-hybridized carbons (Fsp3) is 0.0833. The van der Waals surface area contributed by atoms with Gasteiger partial charge in [-0.05, 0) is 154 Å². The largest absolute Gasteiger partial charge is 0.488 e. The molecule has 0 bridgehead atoms. The van der Waals surface area contributed by atoms with Crippen LogP contribution in [0.5, 0.6) is 0 Å². The van der Waals surface area contributed by atoms with Gasteiger partial charge in [-0.3, -0.25) is 4.98 Å². The summed E-state index contributed by atoms with van der Waals surface area (Å²) in [5, 5.41) is 18.6. The number of aryl methyl sites for hydroxylation is 4. The number of aromatic nitrogens is 4. The van der Waals surface area contributed by atoms with Crippen LogP contribution in [0.15, 0.2) is 184 Å². The Kier molecular flexibility index (Phi) is 15.5. The maximum atomic E-state index is 9.29. The average Bonchev–Trinajstić information content (AvgIpc) is 3.26. The predicted octanol–water partition coefficient (Wildman–Crippen LogP) is 12.4. The minimum atomic E-state index is -1.45. The molecule has 0 aliphatic rings. The van der Waals surface area contributed by atoms with Gasteiger partial charge < -0.3 is 19.8 Å². The molecule has 0 spiro atoms. The van der Waals surface area contributed by atoms with Gasteiger partial charge >= 0.3 is 7.12 Å². The van der Waals surface area contributed by atoms with Gasteiger partial charge in [0, 0.05) is 39.7 Å². The fourth-order valence-electron chi connectivity index (χ4n) is 6.00. The minimum Gasteiger partial charge on any atom is -0.423 e. The topological polar surface area (TPSA) is 98.5 Å². The van der Waals surface area contributed by atoms with Crippen LogP contribution in [0.25, 0.3) is 11.3 Å². The number of nitrogens with zero attached hydrogens (tertiary/aromatic N) is 6. The summed E-state index contributed by atoms with van der Waals surface area (Å²) in [6.45, 7) is 8.34. The van der Waals surface area contributed by atoms with Crippen molar-refractivity contribution >= 4 is 94.5 Å². The summed E-state index contributed by atoms with van der Waals surface area (Å²) in [5.41, 5.74) is 13.7. The monoisotopic (exact) mass is 982 g/mol. The molecule has 0 amide bonds. The second-order valence-electron chi connectivity index (χ2n) is 13.9. The first-order chi connectivity index (χ1) is 28.9. The van der Waals surface area contributed by atoms with Crippen molar-refractivity contribution in [3.63, 3.8) is 0 Å². The summed E-state index contributed by atoms with van der Waals surface area (Å²) >= 11 is 9.63. The molecule has 8 nitrogen and oxygen atoms in total. The summed E-state index contributed by atoms with van der Waals surface area (Å²) in [5.74, 6) is 0. The molecule has 2 heterocycles. The van der Waals surface area contributed by atoms with Crippen LogP contribution < -0.4 is 15.3 Å². The lowest BCUT2D eigenvalue weighted by Gasteiger charge is -2.26. The van der Waals surface area contributed by atoms with E-state index in [4.69, 9.17) is 0 Å². The van der Waals surface area contributed by atoms with Crippen molar-refractivity contribution in [3.05, 3.63) is 206 Å². The highest BCUT2D eigenvalue weighted by atomic mass is 79.9. The van der Waals surface area contributed by atoms with E-state index in [0.29, 0.717) is 5.46 Å². The van der Waals surface area contributed by atoms with Gasteiger partial charge in [0.15, 0.2) is 0 Å². The number of rotatable bonds is 8. The van der Waals surface area contributed by atoms with Crippen LogP contribution in [-0.2, 0) is 0 Å². The van der Waals surface area contributed by atoms with Crippen LogP contribution in [0.2, 0.25) is 0 Å². The summed E-state index contributed by atoms with van der Waals surface area (Å²) in [4.78, 5) is 20.9. The molecule has 0 saturated carbocycles. The number of benzene rings is 6. The van der Waals surface area contributed by atoms with E-state index in [9.17, 15) is 10.0 Å². The standard InChI is InChI=1S/C24H20BrN3.C20H20BNO2.C4H2Br2N2/c1-17-3-9-20(10-4-17)28(21-11-5-18(2)6-12-21)22-13-7-19(8-14-22)23-15-27-24(25)16-26-23;1-15-3-9-18(10-4-15)22(19-11-5-16(2)6-12-19)20-13-7-17(8-14-20)21(23)24;5-3-1-7-4(6)2-8-3/h3-16H,1-2H3;3-14,23-24H,1-2H3;1-2H. The molecule has 0 aliphatic carbocycles. The molecule has 0 aliphatic heterocycles. The minimum absolute atomic E-state index is 0.478. The first-order valence-corrected chi connectivity index (χ1v) is 21.4. The van der Waals surface area contributed by atoms with Gasteiger partial charge in [0.25, 0.3) is 0 Å². The van der Waals surface area contributed by atoms with Crippen molar-refractivity contribution in [2.75, 3.05) is 9.80 Å². The first-order valence-electron chi connectivity index (χ1n) is 19.0. The molecule has 300 valence electrons. The fourth-order valence-corrected chi connectivity index (χ4v) is 6.62. The van der Waals surface area contributed by atoms with E-state index in [1.54, 1.807) is 36.9 Å². The number of hydrogen-bond acceptors (Lipinski definition) is 8. The molecule has 2 aromatic heterocycles. The van der Waals surface area contributed by atoms with E-state index in [2.05, 4.69) is 227 Å². The van der Waals surface area contributed by atoms with Crippen molar-refractivity contribution in [2.45, 2.75) is 27.7 Å². The third kappa shape index (κ3) is 12.3. The van der Waals surface area contributed by atoms with Crippen LogP contribution in [0, 0.1) is 27.7 Å². The van der Waals surface area contributed by atoms with Gasteiger partial charge in [0.1, 0.15) is 13.8 Å². The Balaban J connectivity index is 0.000000171. The van der Waals surface area contributed by atoms with E-state index >= 15 is 0 Å². The van der Waals surface area contributed by atoms with E-state index in [1.807, 2.05) is 12.1 Å². The molecule has 12 heteroatoms. The molecule has 0 atom stereocenters. The maximum Gasteiger partial charge on any atom is 0.488 e. The van der Waals surface area contributed by atoms with Crippen LogP contribution in [-0.4, -0.2) is 37.1 Å². The van der Waals surface area contributed by atoms with Crippen molar-refractivity contribution in [1.29, 1.82) is 0 Å². The molecule has 0 saturated heterocycles. The molecule has 8 rings (SSSR count). The van der Waals surface area contributed by atoms with E-state index in [-0.39, 0.29) is 0 Å². The van der Waals surface area contributed by atoms with Crippen molar-refractivity contribution in [3.8, 4) is 11.3 Å². The zero-order chi connectivity index (χ0) is 42.6. The first kappa shape index (κ1) is 44.1. The summed E-state index contributed by atoms with van der Waals surface area (Å²) < 4.78 is 2.24. The third-order valence-corrected chi connectivity index (χ3v) is 10.5. The number of anilines is 6. The van der Waals surface area contributed by atoms with Gasteiger partial charge in [-0.1, -0.05) is 95.1 Å². The van der Waals surface area contributed by atoms with Gasteiger partial charge in [-0.25, -0.2) is 15.0 Å². The van der Waals surface area contributed by atoms with Gasteiger partial charge in [-0.2, -0.15) is 0 Å². The van der Waals surface area contributed by atoms with Crippen molar-refractivity contribution < 1.29 is 10.0 Å². The summed E-state index contributed by atoms with van der Waals surface area (Å²) in [7, 11) is -1.45. The summed E-state index contributed by atoms with van der Waals surface area (Å²) in [6, 6.07) is 49.6. The Morgan fingerprint density at radius 2 is 0.633 bits per heavy atom. The molecule has 0 fully saturated rings. The van der Waals surface area contributed by atoms with Crippen molar-refractivity contribution in [2.24, 2.45) is 0 Å². The van der Waals surface area contributed by atoms with Crippen LogP contribution >= 0.6 is 47.8 Å². The van der Waals surface area contributed by atoms with E-state index < -0.39 is 7.12 Å². The predicted molar refractivity (Wildman–Crippen MR) is 257 cm³/mol. The lowest BCUT2D eigenvalue weighted by atomic mass is 9.80. The van der Waals surface area contributed by atoms with Gasteiger partial charge in [0.2, 0.25) is 0 Å². The number of halogens is 3. The number of hydrogen-bond donors (Lipinski definition) is 2. The molecule has 0 unspecified atom stereocenters. The van der Waals surface area contributed by atoms with Crippen LogP contribution in [0.1, 0.15) is 22.3 Å². The smallest absolute Gasteiger partial charge is 0.423 e. The van der Waals surface area contributed by atoms with E-state index in [0.717, 1.165) is 59.2 Å². The van der Waals surface area contributed by atoms with E-state index in [1.165, 1.54) is 22.3 Å². The highest BCUT2D eigenvalue weighted by Gasteiger charge is 2.16. The quantitative estimate of drug-likeness (QED) is 0.145. The zero-order valence-electron chi connectivity index (χ0n) is 33.5. The Morgan fingerprint density at radius 3 is 0.900 bits per heavy atom. The molecular formula is C48H42BBr3N6O2. The van der Waals surface area contributed by atoms with Crippen LogP contribution in [0.4, 0.5) is 34.1 Å². The second-order valence-corrected chi connectivity index (χ2v) is 16.3. The van der Waals surface area contributed by atoms with Gasteiger partial charge in [0.05, 0.1) is 30.5 Å². The van der Waals surface area contributed by atoms with Crippen LogP contribution in [0.3, 0.4) is 0 Å². The molecule has 60 heavy (non-hydrogen) atoms. The molecule has 8 aromatic rings. The highest BCUT2D eigenvalue weighted by molar-refractivity contribution is 9.11. The normalized spacial score (nSPS) is 10.4. The molecular weight excluding hydrogens is 943 g/mol. The maximum absolute atomic E-state index is 9.29. The summed E-state index contributed by atoms with van der Waals surface area (Å²) in [6.07, 6.45) is 6.75. The Hall–Kier alpha value is -5.50. The second kappa shape index (κ2) is 21.2. The Morgan fingerprint density at radius 1 is 0.367 bits per heavy atom. The Bertz CT molecular complexity index is 2430. The highest BCUT2D eigenvalue weighted by Crippen LogP contribution is 2.36. The Labute approximate surface area is 377 Å².